The molecule has 102 valence electrons. The van der Waals surface area contributed by atoms with Crippen molar-refractivity contribution in [2.45, 2.75) is 50.5 Å². The second kappa shape index (κ2) is 4.49. The maximum atomic E-state index is 12.0. The van der Waals surface area contributed by atoms with Crippen molar-refractivity contribution in [3.63, 3.8) is 0 Å². The highest BCUT2D eigenvalue weighted by atomic mass is 16.5. The first kappa shape index (κ1) is 12.4. The number of nitrogens with two attached hydrogens (primary N) is 1. The van der Waals surface area contributed by atoms with Crippen molar-refractivity contribution in [1.29, 1.82) is 0 Å². The third-order valence-corrected chi connectivity index (χ3v) is 5.28. The number of nitrogens with one attached hydrogen (secondary N) is 1. The van der Waals surface area contributed by atoms with Crippen LogP contribution >= 0.6 is 0 Å². The van der Waals surface area contributed by atoms with Gasteiger partial charge in [-0.05, 0) is 56.3 Å². The van der Waals surface area contributed by atoms with Crippen molar-refractivity contribution in [3.8, 4) is 0 Å². The Morgan fingerprint density at radius 3 is 2.39 bits per heavy atom. The Morgan fingerprint density at radius 1 is 1.22 bits per heavy atom. The molecule has 3 fully saturated rings. The number of hydrogen-bond acceptors (Lipinski definition) is 3. The Kier molecular flexibility index (Phi) is 3.10. The van der Waals surface area contributed by atoms with Crippen LogP contribution in [0.25, 0.3) is 0 Å². The van der Waals surface area contributed by atoms with Gasteiger partial charge >= 0.3 is 0 Å². The van der Waals surface area contributed by atoms with Gasteiger partial charge in [-0.3, -0.25) is 4.79 Å². The third-order valence-electron chi connectivity index (χ3n) is 5.28. The molecule has 1 aliphatic heterocycles. The average molecular weight is 252 g/mol. The lowest BCUT2D eigenvalue weighted by molar-refractivity contribution is -0.129. The number of amides is 1. The summed E-state index contributed by atoms with van der Waals surface area (Å²) in [4.78, 5) is 12.0. The summed E-state index contributed by atoms with van der Waals surface area (Å²) in [7, 11) is 0. The fraction of sp³-hybridized carbons (Fsp3) is 0.929. The van der Waals surface area contributed by atoms with E-state index in [0.29, 0.717) is 5.41 Å². The van der Waals surface area contributed by atoms with Gasteiger partial charge in [0, 0.05) is 19.8 Å². The van der Waals surface area contributed by atoms with Gasteiger partial charge in [-0.25, -0.2) is 0 Å². The molecule has 3 aliphatic rings. The normalized spacial score (nSPS) is 29.4. The summed E-state index contributed by atoms with van der Waals surface area (Å²) in [5.41, 5.74) is 5.87. The van der Waals surface area contributed by atoms with Gasteiger partial charge in [-0.15, -0.1) is 0 Å². The van der Waals surface area contributed by atoms with Crippen LogP contribution in [-0.4, -0.2) is 31.2 Å². The summed E-state index contributed by atoms with van der Waals surface area (Å²) in [6.45, 7) is 2.61. The van der Waals surface area contributed by atoms with E-state index in [9.17, 15) is 4.79 Å². The lowest BCUT2D eigenvalue weighted by atomic mass is 9.76. The van der Waals surface area contributed by atoms with E-state index in [2.05, 4.69) is 5.32 Å². The molecule has 1 saturated heterocycles. The molecule has 1 heterocycles. The van der Waals surface area contributed by atoms with Crippen LogP contribution in [0.15, 0.2) is 0 Å². The summed E-state index contributed by atoms with van der Waals surface area (Å²) < 4.78 is 5.42. The van der Waals surface area contributed by atoms with Gasteiger partial charge in [0.15, 0.2) is 0 Å². The summed E-state index contributed by atoms with van der Waals surface area (Å²) in [5, 5.41) is 3.12. The zero-order chi connectivity index (χ0) is 12.6. The van der Waals surface area contributed by atoms with Crippen molar-refractivity contribution in [2.75, 3.05) is 19.8 Å². The second-order valence-corrected chi connectivity index (χ2v) is 6.44. The lowest BCUT2D eigenvalue weighted by Gasteiger charge is -2.37. The van der Waals surface area contributed by atoms with Crippen LogP contribution in [0, 0.1) is 11.3 Å². The summed E-state index contributed by atoms with van der Waals surface area (Å²) in [6.07, 6.45) is 7.62. The van der Waals surface area contributed by atoms with E-state index in [4.69, 9.17) is 10.5 Å². The fourth-order valence-corrected chi connectivity index (χ4v) is 3.42. The fourth-order valence-electron chi connectivity index (χ4n) is 3.42. The van der Waals surface area contributed by atoms with Gasteiger partial charge < -0.3 is 15.8 Å². The number of hydrogen-bond donors (Lipinski definition) is 2. The topological polar surface area (TPSA) is 64.4 Å². The molecule has 0 aromatic rings. The zero-order valence-corrected chi connectivity index (χ0v) is 11.0. The minimum Gasteiger partial charge on any atom is -0.381 e. The predicted octanol–water partition coefficient (Wildman–Crippen LogP) is 1.19. The summed E-state index contributed by atoms with van der Waals surface area (Å²) >= 11 is 0. The minimum atomic E-state index is -0.550. The highest BCUT2D eigenvalue weighted by Gasteiger charge is 2.50. The van der Waals surface area contributed by atoms with Gasteiger partial charge in [0.2, 0.25) is 5.91 Å². The molecule has 3 N–H and O–H groups in total. The van der Waals surface area contributed by atoms with Crippen LogP contribution in [-0.2, 0) is 9.53 Å². The highest BCUT2D eigenvalue weighted by molar-refractivity contribution is 5.87. The Morgan fingerprint density at radius 2 is 1.89 bits per heavy atom. The second-order valence-electron chi connectivity index (χ2n) is 6.44. The van der Waals surface area contributed by atoms with E-state index < -0.39 is 5.54 Å². The number of carbonyl (C=O) groups is 1. The summed E-state index contributed by atoms with van der Waals surface area (Å²) in [6, 6.07) is 0. The van der Waals surface area contributed by atoms with Gasteiger partial charge in [-0.2, -0.15) is 0 Å². The molecule has 3 rings (SSSR count). The van der Waals surface area contributed by atoms with E-state index in [1.54, 1.807) is 0 Å². The highest BCUT2D eigenvalue weighted by Crippen LogP contribution is 2.54. The molecular formula is C14H24N2O2. The van der Waals surface area contributed by atoms with Crippen molar-refractivity contribution in [1.82, 2.24) is 5.32 Å². The standard InChI is InChI=1S/C14H24N2O2/c15-14(4-1-5-14)12(17)16-10-13(6-7-13)11-2-8-18-9-3-11/h11H,1-10,15H2,(H,16,17). The van der Waals surface area contributed by atoms with E-state index in [0.717, 1.165) is 57.8 Å². The first-order chi connectivity index (χ1) is 8.65. The minimum absolute atomic E-state index is 0.0760. The Balaban J connectivity index is 1.51. The van der Waals surface area contributed by atoms with Gasteiger partial charge in [0.1, 0.15) is 0 Å². The molecule has 4 nitrogen and oxygen atoms in total. The third kappa shape index (κ3) is 2.16. The molecule has 0 spiro atoms. The van der Waals surface area contributed by atoms with E-state index in [-0.39, 0.29) is 5.91 Å². The maximum absolute atomic E-state index is 12.0. The first-order valence-electron chi connectivity index (χ1n) is 7.30. The Hall–Kier alpha value is -0.610. The molecule has 2 saturated carbocycles. The molecule has 0 aromatic heterocycles. The van der Waals surface area contributed by atoms with Gasteiger partial charge in [-0.1, -0.05) is 0 Å². The molecule has 0 aromatic carbocycles. The number of ether oxygens (including phenoxy) is 1. The van der Waals surface area contributed by atoms with E-state index in [1.807, 2.05) is 0 Å². The monoisotopic (exact) mass is 252 g/mol. The first-order valence-corrected chi connectivity index (χ1v) is 7.30. The smallest absolute Gasteiger partial charge is 0.240 e. The van der Waals surface area contributed by atoms with Crippen molar-refractivity contribution < 1.29 is 9.53 Å². The largest absolute Gasteiger partial charge is 0.381 e. The SMILES string of the molecule is NC1(C(=O)NCC2(C3CCOCC3)CC2)CCC1. The summed E-state index contributed by atoms with van der Waals surface area (Å²) in [5.74, 6) is 0.814. The molecule has 2 aliphatic carbocycles. The molecule has 1 amide bonds. The predicted molar refractivity (Wildman–Crippen MR) is 69.0 cm³/mol. The van der Waals surface area contributed by atoms with Crippen molar-refractivity contribution in [3.05, 3.63) is 0 Å². The molecular weight excluding hydrogens is 228 g/mol. The molecule has 0 bridgehead atoms. The zero-order valence-electron chi connectivity index (χ0n) is 11.0. The van der Waals surface area contributed by atoms with Crippen LogP contribution in [0.1, 0.15) is 44.9 Å². The lowest BCUT2D eigenvalue weighted by Crippen LogP contribution is -2.59. The molecule has 0 atom stereocenters. The maximum Gasteiger partial charge on any atom is 0.240 e. The Labute approximate surface area is 109 Å². The average Bonchev–Trinajstić information content (AvgIpc) is 3.15. The van der Waals surface area contributed by atoms with Crippen LogP contribution in [0.3, 0.4) is 0 Å². The van der Waals surface area contributed by atoms with E-state index >= 15 is 0 Å². The molecule has 0 radical (unpaired) electrons. The molecule has 0 unspecified atom stereocenters. The molecule has 18 heavy (non-hydrogen) atoms. The van der Waals surface area contributed by atoms with Crippen molar-refractivity contribution in [2.24, 2.45) is 17.1 Å². The van der Waals surface area contributed by atoms with Gasteiger partial charge in [0.25, 0.3) is 0 Å². The van der Waals surface area contributed by atoms with Crippen LogP contribution < -0.4 is 11.1 Å². The number of carbonyl (C=O) groups excluding carboxylic acids is 1. The number of rotatable bonds is 4. The van der Waals surface area contributed by atoms with E-state index in [1.165, 1.54) is 12.8 Å². The van der Waals surface area contributed by atoms with Crippen LogP contribution in [0.2, 0.25) is 0 Å². The Bertz CT molecular complexity index is 329. The quantitative estimate of drug-likeness (QED) is 0.790. The van der Waals surface area contributed by atoms with Crippen molar-refractivity contribution >= 4 is 5.91 Å². The van der Waals surface area contributed by atoms with Gasteiger partial charge in [0.05, 0.1) is 5.54 Å². The van der Waals surface area contributed by atoms with Crippen LogP contribution in [0.4, 0.5) is 0 Å². The molecule has 4 heteroatoms. The van der Waals surface area contributed by atoms with Crippen LogP contribution in [0.5, 0.6) is 0 Å².